The maximum absolute atomic E-state index is 12.5. The first-order chi connectivity index (χ1) is 13.3. The summed E-state index contributed by atoms with van der Waals surface area (Å²) < 4.78 is 11.5. The minimum absolute atomic E-state index is 0.159. The molecule has 6 nitrogen and oxygen atoms in total. The van der Waals surface area contributed by atoms with E-state index in [-0.39, 0.29) is 11.9 Å². The molecule has 2 aromatic carbocycles. The average Bonchev–Trinajstić information content (AvgIpc) is 3.42. The van der Waals surface area contributed by atoms with Crippen LogP contribution in [0.5, 0.6) is 0 Å². The third-order valence-corrected chi connectivity index (χ3v) is 5.05. The lowest BCUT2D eigenvalue weighted by Gasteiger charge is -2.22. The number of carbonyl (C=O) groups excluding carboxylic acids is 1. The molecule has 1 atom stereocenters. The predicted molar refractivity (Wildman–Crippen MR) is 103 cm³/mol. The van der Waals surface area contributed by atoms with Crippen LogP contribution in [-0.2, 0) is 0 Å². The molecule has 0 unspecified atom stereocenters. The molecule has 1 N–H and O–H groups in total. The second-order valence-electron chi connectivity index (χ2n) is 6.81. The van der Waals surface area contributed by atoms with Crippen LogP contribution in [0.25, 0.3) is 22.1 Å². The van der Waals surface area contributed by atoms with E-state index in [1.165, 1.54) is 0 Å². The summed E-state index contributed by atoms with van der Waals surface area (Å²) in [6.45, 7) is 1.40. The summed E-state index contributed by atoms with van der Waals surface area (Å²) in [6, 6.07) is 17.9. The van der Waals surface area contributed by atoms with Crippen LogP contribution in [-0.4, -0.2) is 30.0 Å². The van der Waals surface area contributed by atoms with Crippen LogP contribution < -0.4 is 10.2 Å². The van der Waals surface area contributed by atoms with Crippen LogP contribution in [0.2, 0.25) is 0 Å². The molecule has 1 amide bonds. The molecule has 3 heterocycles. The molecule has 1 fully saturated rings. The summed E-state index contributed by atoms with van der Waals surface area (Å²) in [5, 5.41) is 3.92. The van der Waals surface area contributed by atoms with Gasteiger partial charge in [0.2, 0.25) is 0 Å². The molecular formula is C21H19N3O3. The smallest absolute Gasteiger partial charge is 0.298 e. The maximum Gasteiger partial charge on any atom is 0.298 e. The molecule has 0 spiro atoms. The normalized spacial score (nSPS) is 17.0. The van der Waals surface area contributed by atoms with Gasteiger partial charge in [-0.1, -0.05) is 30.3 Å². The summed E-state index contributed by atoms with van der Waals surface area (Å²) in [5.41, 5.74) is 2.35. The van der Waals surface area contributed by atoms with Gasteiger partial charge in [0.1, 0.15) is 11.1 Å². The molecule has 0 bridgehead atoms. The fourth-order valence-electron chi connectivity index (χ4n) is 3.67. The Bertz CT molecular complexity index is 1050. The highest BCUT2D eigenvalue weighted by molar-refractivity contribution is 5.96. The Hall–Kier alpha value is -3.28. The lowest BCUT2D eigenvalue weighted by Crippen LogP contribution is -2.40. The van der Waals surface area contributed by atoms with Crippen molar-refractivity contribution >= 4 is 34.0 Å². The summed E-state index contributed by atoms with van der Waals surface area (Å²) in [5.74, 6) is 0.137. The number of hydrogen-bond acceptors (Lipinski definition) is 5. The summed E-state index contributed by atoms with van der Waals surface area (Å²) >= 11 is 0. The summed E-state index contributed by atoms with van der Waals surface area (Å²) in [4.78, 5) is 19.2. The Labute approximate surface area is 155 Å². The van der Waals surface area contributed by atoms with Crippen LogP contribution in [0.4, 0.5) is 6.01 Å². The van der Waals surface area contributed by atoms with Crippen molar-refractivity contribution in [3.8, 4) is 0 Å². The van der Waals surface area contributed by atoms with Crippen molar-refractivity contribution < 1.29 is 13.6 Å². The van der Waals surface area contributed by atoms with E-state index in [2.05, 4.69) is 15.2 Å². The fourth-order valence-corrected chi connectivity index (χ4v) is 3.67. The number of anilines is 1. The fraction of sp³-hybridized carbons (Fsp3) is 0.238. The summed E-state index contributed by atoms with van der Waals surface area (Å²) in [6.07, 6.45) is 2.03. The van der Waals surface area contributed by atoms with Crippen molar-refractivity contribution in [3.63, 3.8) is 0 Å². The predicted octanol–water partition coefficient (Wildman–Crippen LogP) is 3.97. The molecule has 1 aliphatic rings. The number of carbonyl (C=O) groups is 1. The molecule has 27 heavy (non-hydrogen) atoms. The van der Waals surface area contributed by atoms with Crippen LogP contribution in [0, 0.1) is 0 Å². The second kappa shape index (κ2) is 6.46. The molecule has 136 valence electrons. The Morgan fingerprint density at radius 2 is 1.93 bits per heavy atom. The van der Waals surface area contributed by atoms with Gasteiger partial charge in [0, 0.05) is 18.5 Å². The zero-order valence-corrected chi connectivity index (χ0v) is 14.7. The molecular weight excluding hydrogens is 342 g/mol. The van der Waals surface area contributed by atoms with Gasteiger partial charge >= 0.3 is 0 Å². The van der Waals surface area contributed by atoms with Gasteiger partial charge in [-0.15, -0.1) is 0 Å². The van der Waals surface area contributed by atoms with Crippen LogP contribution in [0.3, 0.4) is 0 Å². The van der Waals surface area contributed by atoms with Crippen molar-refractivity contribution in [1.82, 2.24) is 10.3 Å². The Balaban J connectivity index is 1.30. The highest BCUT2D eigenvalue weighted by Gasteiger charge is 2.29. The Morgan fingerprint density at radius 1 is 1.11 bits per heavy atom. The molecule has 0 radical (unpaired) electrons. The number of hydrogen-bond donors (Lipinski definition) is 1. The molecule has 6 heteroatoms. The van der Waals surface area contributed by atoms with E-state index < -0.39 is 0 Å². The highest BCUT2D eigenvalue weighted by atomic mass is 16.4. The van der Waals surface area contributed by atoms with E-state index in [9.17, 15) is 4.79 Å². The van der Waals surface area contributed by atoms with Gasteiger partial charge in [-0.05, 0) is 37.1 Å². The van der Waals surface area contributed by atoms with Crippen molar-refractivity contribution in [2.45, 2.75) is 18.9 Å². The third kappa shape index (κ3) is 2.93. The number of amides is 1. The van der Waals surface area contributed by atoms with Gasteiger partial charge < -0.3 is 19.1 Å². The molecule has 1 aliphatic heterocycles. The van der Waals surface area contributed by atoms with E-state index in [1.807, 2.05) is 48.5 Å². The van der Waals surface area contributed by atoms with Crippen molar-refractivity contribution in [1.29, 1.82) is 0 Å². The molecule has 0 aliphatic carbocycles. The third-order valence-electron chi connectivity index (χ3n) is 5.05. The number of para-hydroxylation sites is 3. The highest BCUT2D eigenvalue weighted by Crippen LogP contribution is 2.28. The summed E-state index contributed by atoms with van der Waals surface area (Å²) in [7, 11) is 0. The topological polar surface area (TPSA) is 71.5 Å². The molecule has 1 saturated heterocycles. The number of rotatable bonds is 4. The van der Waals surface area contributed by atoms with Crippen molar-refractivity contribution in [2.24, 2.45) is 0 Å². The minimum atomic E-state index is -0.199. The number of nitrogens with one attached hydrogen (secondary N) is 1. The maximum atomic E-state index is 12.5. The van der Waals surface area contributed by atoms with Crippen LogP contribution >= 0.6 is 0 Å². The second-order valence-corrected chi connectivity index (χ2v) is 6.81. The van der Waals surface area contributed by atoms with Crippen LogP contribution in [0.15, 0.2) is 63.4 Å². The molecule has 0 saturated carbocycles. The standard InChI is InChI=1S/C21H19N3O3/c25-20(19-12-14-6-1-3-9-17(14)26-19)22-13-15-7-5-11-24(15)21-23-16-8-2-4-10-18(16)27-21/h1-4,6,8-10,12,15H,5,7,11,13H2,(H,22,25)/t15-/m1/s1. The SMILES string of the molecule is O=C(NC[C@H]1CCCN1c1nc2ccccc2o1)c1cc2ccccc2o1. The molecule has 5 rings (SSSR count). The van der Waals surface area contributed by atoms with Crippen molar-refractivity contribution in [3.05, 3.63) is 60.4 Å². The van der Waals surface area contributed by atoms with E-state index in [0.717, 1.165) is 41.5 Å². The zero-order valence-electron chi connectivity index (χ0n) is 14.7. The zero-order chi connectivity index (χ0) is 18.2. The van der Waals surface area contributed by atoms with Gasteiger partial charge in [0.05, 0.1) is 6.04 Å². The molecule has 2 aromatic heterocycles. The van der Waals surface area contributed by atoms with E-state index in [4.69, 9.17) is 8.83 Å². The quantitative estimate of drug-likeness (QED) is 0.595. The van der Waals surface area contributed by atoms with Gasteiger partial charge in [0.15, 0.2) is 11.3 Å². The number of furan rings is 1. The number of benzene rings is 2. The lowest BCUT2D eigenvalue weighted by atomic mass is 10.2. The first-order valence-corrected chi connectivity index (χ1v) is 9.17. The van der Waals surface area contributed by atoms with Gasteiger partial charge in [-0.2, -0.15) is 4.98 Å². The largest absolute Gasteiger partial charge is 0.451 e. The van der Waals surface area contributed by atoms with Crippen molar-refractivity contribution in [2.75, 3.05) is 18.0 Å². The van der Waals surface area contributed by atoms with E-state index in [1.54, 1.807) is 6.07 Å². The van der Waals surface area contributed by atoms with Gasteiger partial charge in [-0.25, -0.2) is 0 Å². The molecule has 4 aromatic rings. The Morgan fingerprint density at radius 3 is 2.78 bits per heavy atom. The first-order valence-electron chi connectivity index (χ1n) is 9.17. The van der Waals surface area contributed by atoms with Crippen LogP contribution in [0.1, 0.15) is 23.4 Å². The first kappa shape index (κ1) is 15.9. The van der Waals surface area contributed by atoms with E-state index in [0.29, 0.717) is 18.3 Å². The van der Waals surface area contributed by atoms with Gasteiger partial charge in [-0.3, -0.25) is 4.79 Å². The number of fused-ring (bicyclic) bond motifs is 2. The minimum Gasteiger partial charge on any atom is -0.451 e. The average molecular weight is 361 g/mol. The number of aromatic nitrogens is 1. The number of nitrogens with zero attached hydrogens (tertiary/aromatic N) is 2. The number of oxazole rings is 1. The Kier molecular flexibility index (Phi) is 3.81. The lowest BCUT2D eigenvalue weighted by molar-refractivity contribution is 0.0925. The van der Waals surface area contributed by atoms with E-state index >= 15 is 0 Å². The van der Waals surface area contributed by atoms with Gasteiger partial charge in [0.25, 0.3) is 11.9 Å². The monoisotopic (exact) mass is 361 g/mol.